The van der Waals surface area contributed by atoms with Crippen LogP contribution in [0.1, 0.15) is 28.9 Å². The summed E-state index contributed by atoms with van der Waals surface area (Å²) in [6, 6.07) is 2.72. The van der Waals surface area contributed by atoms with Crippen LogP contribution >= 0.6 is 11.3 Å². The summed E-state index contributed by atoms with van der Waals surface area (Å²) in [5.41, 5.74) is 0. The fraction of sp³-hybridized carbons (Fsp3) is 0.533. The number of likely N-dealkylation sites (tertiary alicyclic amines) is 1. The highest BCUT2D eigenvalue weighted by atomic mass is 32.1. The number of hydrogen-bond donors (Lipinski definition) is 2. The quantitative estimate of drug-likeness (QED) is 0.872. The molecule has 3 atom stereocenters. The van der Waals surface area contributed by atoms with Crippen molar-refractivity contribution in [3.05, 3.63) is 22.4 Å². The number of fused-ring (bicyclic) bond motifs is 1. The van der Waals surface area contributed by atoms with Crippen molar-refractivity contribution in [1.29, 1.82) is 0 Å². The molecule has 1 aromatic heterocycles. The van der Waals surface area contributed by atoms with Gasteiger partial charge in [0.15, 0.2) is 0 Å². The van der Waals surface area contributed by atoms with Gasteiger partial charge in [0.05, 0.1) is 11.4 Å². The Morgan fingerprint density at radius 1 is 1.36 bits per heavy atom. The summed E-state index contributed by atoms with van der Waals surface area (Å²) >= 11 is 1.30. The normalized spacial score (nSPS) is 26.7. The second-order valence-corrected chi connectivity index (χ2v) is 6.79. The molecule has 3 unspecified atom stereocenters. The molecule has 2 amide bonds. The lowest BCUT2D eigenvalue weighted by Gasteiger charge is -2.24. The van der Waals surface area contributed by atoms with Crippen LogP contribution in [0.3, 0.4) is 0 Å². The van der Waals surface area contributed by atoms with Crippen LogP contribution in [0.25, 0.3) is 0 Å². The van der Waals surface area contributed by atoms with Gasteiger partial charge in [-0.3, -0.25) is 9.59 Å². The van der Waals surface area contributed by atoms with E-state index in [1.54, 1.807) is 17.5 Å². The van der Waals surface area contributed by atoms with Crippen molar-refractivity contribution in [2.75, 3.05) is 13.1 Å². The van der Waals surface area contributed by atoms with Crippen molar-refractivity contribution < 1.29 is 19.5 Å². The highest BCUT2D eigenvalue weighted by molar-refractivity contribution is 7.12. The van der Waals surface area contributed by atoms with E-state index in [-0.39, 0.29) is 30.2 Å². The van der Waals surface area contributed by atoms with Gasteiger partial charge in [-0.25, -0.2) is 4.79 Å². The van der Waals surface area contributed by atoms with Gasteiger partial charge in [-0.1, -0.05) is 12.5 Å². The van der Waals surface area contributed by atoms with Crippen LogP contribution in [0.15, 0.2) is 17.5 Å². The maximum atomic E-state index is 12.3. The van der Waals surface area contributed by atoms with Crippen molar-refractivity contribution >= 4 is 29.1 Å². The van der Waals surface area contributed by atoms with Crippen molar-refractivity contribution in [2.24, 2.45) is 11.8 Å². The molecule has 2 fully saturated rings. The Morgan fingerprint density at radius 2 is 2.18 bits per heavy atom. The zero-order valence-corrected chi connectivity index (χ0v) is 12.8. The molecule has 118 valence electrons. The van der Waals surface area contributed by atoms with Crippen molar-refractivity contribution in [1.82, 2.24) is 10.2 Å². The SMILES string of the molecule is O=C(NCC(=O)N1CC2CCCC2C1C(=O)O)c1cccs1. The summed E-state index contributed by atoms with van der Waals surface area (Å²) in [4.78, 5) is 37.6. The molecule has 1 aliphatic carbocycles. The second kappa shape index (κ2) is 6.08. The predicted octanol–water partition coefficient (Wildman–Crippen LogP) is 1.19. The zero-order chi connectivity index (χ0) is 15.7. The molecule has 0 bridgehead atoms. The number of hydrogen-bond acceptors (Lipinski definition) is 4. The summed E-state index contributed by atoms with van der Waals surface area (Å²) in [7, 11) is 0. The number of carbonyl (C=O) groups is 3. The minimum atomic E-state index is -0.938. The molecule has 22 heavy (non-hydrogen) atoms. The van der Waals surface area contributed by atoms with Gasteiger partial charge in [-0.2, -0.15) is 0 Å². The maximum absolute atomic E-state index is 12.3. The van der Waals surface area contributed by atoms with Crippen LogP contribution < -0.4 is 5.32 Å². The Bertz CT molecular complexity index is 586. The number of nitrogens with one attached hydrogen (secondary N) is 1. The summed E-state index contributed by atoms with van der Waals surface area (Å²) in [5, 5.41) is 13.8. The zero-order valence-electron chi connectivity index (χ0n) is 12.0. The van der Waals surface area contributed by atoms with Crippen LogP contribution in [0.2, 0.25) is 0 Å². The Hall–Kier alpha value is -1.89. The minimum Gasteiger partial charge on any atom is -0.480 e. The van der Waals surface area contributed by atoms with Gasteiger partial charge >= 0.3 is 5.97 Å². The summed E-state index contributed by atoms with van der Waals surface area (Å²) < 4.78 is 0. The van der Waals surface area contributed by atoms with Gasteiger partial charge in [-0.05, 0) is 36.1 Å². The number of amides is 2. The number of thiophene rings is 1. The largest absolute Gasteiger partial charge is 0.480 e. The van der Waals surface area contributed by atoms with Crippen molar-refractivity contribution in [3.8, 4) is 0 Å². The van der Waals surface area contributed by atoms with Gasteiger partial charge in [0, 0.05) is 6.54 Å². The first-order chi connectivity index (χ1) is 10.6. The van der Waals surface area contributed by atoms with E-state index in [2.05, 4.69) is 5.32 Å². The highest BCUT2D eigenvalue weighted by Crippen LogP contribution is 2.42. The lowest BCUT2D eigenvalue weighted by Crippen LogP contribution is -2.47. The molecule has 1 aliphatic heterocycles. The van der Waals surface area contributed by atoms with E-state index in [4.69, 9.17) is 0 Å². The number of nitrogens with zero attached hydrogens (tertiary/aromatic N) is 1. The number of rotatable bonds is 4. The van der Waals surface area contributed by atoms with Crippen LogP contribution in [0.4, 0.5) is 0 Å². The fourth-order valence-electron chi connectivity index (χ4n) is 3.63. The van der Waals surface area contributed by atoms with Gasteiger partial charge < -0.3 is 15.3 Å². The molecule has 3 rings (SSSR count). The van der Waals surface area contributed by atoms with E-state index >= 15 is 0 Å². The van der Waals surface area contributed by atoms with Crippen molar-refractivity contribution in [2.45, 2.75) is 25.3 Å². The molecular formula is C15H18N2O4S. The van der Waals surface area contributed by atoms with E-state index in [0.29, 0.717) is 11.4 Å². The Kier molecular flexibility index (Phi) is 4.15. The van der Waals surface area contributed by atoms with Gasteiger partial charge in [-0.15, -0.1) is 11.3 Å². The van der Waals surface area contributed by atoms with E-state index in [0.717, 1.165) is 19.3 Å². The van der Waals surface area contributed by atoms with Gasteiger partial charge in [0.1, 0.15) is 6.04 Å². The van der Waals surface area contributed by atoms with Crippen LogP contribution in [0.5, 0.6) is 0 Å². The first-order valence-corrected chi connectivity index (χ1v) is 8.30. The van der Waals surface area contributed by atoms with E-state index in [1.165, 1.54) is 16.2 Å². The molecule has 0 aromatic carbocycles. The Labute approximate surface area is 132 Å². The average molecular weight is 322 g/mol. The minimum absolute atomic E-state index is 0.0643. The molecule has 0 spiro atoms. The molecule has 7 heteroatoms. The number of carboxylic acid groups (broad SMARTS) is 1. The summed E-state index contributed by atoms with van der Waals surface area (Å²) in [6.07, 6.45) is 2.89. The lowest BCUT2D eigenvalue weighted by atomic mass is 9.94. The van der Waals surface area contributed by atoms with Crippen LogP contribution in [0, 0.1) is 11.8 Å². The van der Waals surface area contributed by atoms with Crippen LogP contribution in [-0.4, -0.2) is 46.9 Å². The van der Waals surface area contributed by atoms with Gasteiger partial charge in [0.2, 0.25) is 5.91 Å². The first-order valence-electron chi connectivity index (χ1n) is 7.42. The monoisotopic (exact) mass is 322 g/mol. The molecule has 1 saturated carbocycles. The van der Waals surface area contributed by atoms with Crippen molar-refractivity contribution in [3.63, 3.8) is 0 Å². The van der Waals surface area contributed by atoms with Crippen LogP contribution in [-0.2, 0) is 9.59 Å². The standard InChI is InChI=1S/C15H18N2O4S/c18-12(7-16-14(19)11-5-2-6-22-11)17-8-9-3-1-4-10(9)13(17)15(20)21/h2,5-6,9-10,13H,1,3-4,7-8H2,(H,16,19)(H,20,21). The molecule has 0 radical (unpaired) electrons. The molecule has 2 heterocycles. The van der Waals surface area contributed by atoms with E-state index in [9.17, 15) is 19.5 Å². The molecular weight excluding hydrogens is 304 g/mol. The number of carboxylic acids is 1. The molecule has 2 N–H and O–H groups in total. The second-order valence-electron chi connectivity index (χ2n) is 5.84. The smallest absolute Gasteiger partial charge is 0.326 e. The average Bonchev–Trinajstić information content (AvgIpc) is 3.18. The number of carbonyl (C=O) groups excluding carboxylic acids is 2. The molecule has 1 aromatic rings. The van der Waals surface area contributed by atoms with Gasteiger partial charge in [0.25, 0.3) is 5.91 Å². The summed E-state index contributed by atoms with van der Waals surface area (Å²) in [6.45, 7) is 0.343. The number of aliphatic carboxylic acids is 1. The third-order valence-electron chi connectivity index (χ3n) is 4.61. The highest BCUT2D eigenvalue weighted by Gasteiger charge is 2.49. The third-order valence-corrected chi connectivity index (χ3v) is 5.48. The van der Waals surface area contributed by atoms with E-state index in [1.807, 2.05) is 0 Å². The fourth-order valence-corrected chi connectivity index (χ4v) is 4.27. The molecule has 2 aliphatic rings. The third kappa shape index (κ3) is 2.72. The molecule has 1 saturated heterocycles. The topological polar surface area (TPSA) is 86.7 Å². The predicted molar refractivity (Wildman–Crippen MR) is 80.6 cm³/mol. The Morgan fingerprint density at radius 3 is 2.86 bits per heavy atom. The maximum Gasteiger partial charge on any atom is 0.326 e. The van der Waals surface area contributed by atoms with E-state index < -0.39 is 12.0 Å². The lowest BCUT2D eigenvalue weighted by molar-refractivity contribution is -0.149. The first kappa shape index (κ1) is 15.0. The molecule has 6 nitrogen and oxygen atoms in total. The Balaban J connectivity index is 1.62. The summed E-state index contributed by atoms with van der Waals surface area (Å²) in [5.74, 6) is -1.19.